The summed E-state index contributed by atoms with van der Waals surface area (Å²) in [5, 5.41) is 12.9. The molecule has 1 aliphatic heterocycles. The smallest absolute Gasteiger partial charge is 0.336 e. The van der Waals surface area contributed by atoms with Crippen molar-refractivity contribution in [3.8, 4) is 0 Å². The minimum absolute atomic E-state index is 0.0208. The molecule has 0 radical (unpaired) electrons. The van der Waals surface area contributed by atoms with Gasteiger partial charge in [0.2, 0.25) is 0 Å². The molecule has 0 aromatic rings. The van der Waals surface area contributed by atoms with Crippen molar-refractivity contribution < 1.29 is 14.7 Å². The summed E-state index contributed by atoms with van der Waals surface area (Å²) in [6.07, 6.45) is 16.1. The van der Waals surface area contributed by atoms with Gasteiger partial charge in [0.15, 0.2) is 0 Å². The molecule has 0 aromatic heterocycles. The molecule has 2 aliphatic carbocycles. The van der Waals surface area contributed by atoms with Crippen LogP contribution in [-0.4, -0.2) is 28.4 Å². The molecule has 0 spiro atoms. The molecule has 1 unspecified atom stereocenters. The Morgan fingerprint density at radius 1 is 1.21 bits per heavy atom. The number of carbonyl (C=O) groups excluding carboxylic acids is 1. The van der Waals surface area contributed by atoms with E-state index in [1.165, 1.54) is 37.7 Å². The number of hydrogen-bond donors (Lipinski definition) is 2. The predicted octanol–water partition coefficient (Wildman–Crippen LogP) is 4.95. The second-order valence-electron chi connectivity index (χ2n) is 9.05. The molecular weight excluding hydrogens is 364 g/mol. The molecule has 1 fully saturated rings. The summed E-state index contributed by atoms with van der Waals surface area (Å²) < 4.78 is 0. The molecule has 0 saturated heterocycles. The third-order valence-electron chi connectivity index (χ3n) is 6.78. The first-order valence-corrected chi connectivity index (χ1v) is 11.1. The largest absolute Gasteiger partial charge is 0.478 e. The standard InChI is InChI=1S/C24H34N2O3/c1-16(2)24(3)23(29)25-21(26-24)19-14-10-9-13-18(15-20(19)22(27)28)17-11-7-5-4-6-8-12-17/h10,14-17H,4-9,11-13H2,1-3H3,(H,27,28)(H,25,26,29). The number of carboxylic acid groups (broad SMARTS) is 1. The van der Waals surface area contributed by atoms with Gasteiger partial charge in [-0.1, -0.05) is 63.7 Å². The van der Waals surface area contributed by atoms with E-state index in [0.29, 0.717) is 17.3 Å². The summed E-state index contributed by atoms with van der Waals surface area (Å²) in [6, 6.07) is 0. The van der Waals surface area contributed by atoms with Crippen LogP contribution in [-0.2, 0) is 9.59 Å². The Labute approximate surface area is 174 Å². The number of amidine groups is 1. The van der Waals surface area contributed by atoms with Crippen LogP contribution in [0.4, 0.5) is 0 Å². The number of carboxylic acids is 1. The van der Waals surface area contributed by atoms with E-state index in [1.54, 1.807) is 0 Å². The van der Waals surface area contributed by atoms with Gasteiger partial charge < -0.3 is 10.4 Å². The van der Waals surface area contributed by atoms with Crippen LogP contribution in [0.25, 0.3) is 0 Å². The first kappa shape index (κ1) is 21.5. The lowest BCUT2D eigenvalue weighted by Crippen LogP contribution is -2.41. The maximum atomic E-state index is 12.6. The molecule has 5 nitrogen and oxygen atoms in total. The molecule has 0 aromatic carbocycles. The number of nitrogens with zero attached hydrogens (tertiary/aromatic N) is 1. The molecule has 0 bridgehead atoms. The Hall–Kier alpha value is -2.17. The highest BCUT2D eigenvalue weighted by molar-refractivity contribution is 6.19. The van der Waals surface area contributed by atoms with Crippen LogP contribution < -0.4 is 5.32 Å². The van der Waals surface area contributed by atoms with Gasteiger partial charge in [0.05, 0.1) is 5.57 Å². The lowest BCUT2D eigenvalue weighted by atomic mass is 9.82. The molecular formula is C24H34N2O3. The fraction of sp³-hybridized carbons (Fsp3) is 0.625. The highest BCUT2D eigenvalue weighted by Gasteiger charge is 2.42. The number of rotatable bonds is 4. The van der Waals surface area contributed by atoms with E-state index in [-0.39, 0.29) is 17.4 Å². The van der Waals surface area contributed by atoms with E-state index in [2.05, 4.69) is 10.3 Å². The molecule has 158 valence electrons. The van der Waals surface area contributed by atoms with E-state index < -0.39 is 11.5 Å². The highest BCUT2D eigenvalue weighted by atomic mass is 16.4. The summed E-state index contributed by atoms with van der Waals surface area (Å²) in [4.78, 5) is 29.4. The SMILES string of the molecule is CC(C)C1(C)N=C(C2=C(C(=O)O)C=C(C3CCCCCCC3)CCC=C2)NC1=O. The third kappa shape index (κ3) is 4.71. The number of hydrogen-bond acceptors (Lipinski definition) is 3. The average Bonchev–Trinajstić information content (AvgIpc) is 2.91. The normalized spacial score (nSPS) is 27.0. The summed E-state index contributed by atoms with van der Waals surface area (Å²) in [5.41, 5.74) is 1.12. The zero-order chi connectivity index (χ0) is 21.0. The predicted molar refractivity (Wildman–Crippen MR) is 116 cm³/mol. The van der Waals surface area contributed by atoms with Gasteiger partial charge in [-0.15, -0.1) is 0 Å². The number of amides is 1. The van der Waals surface area contributed by atoms with Crippen LogP contribution in [0.5, 0.6) is 0 Å². The van der Waals surface area contributed by atoms with Crippen molar-refractivity contribution in [2.24, 2.45) is 16.8 Å². The Kier molecular flexibility index (Phi) is 6.76. The maximum absolute atomic E-state index is 12.6. The Bertz CT molecular complexity index is 780. The Morgan fingerprint density at radius 2 is 1.86 bits per heavy atom. The number of aliphatic imine (C=N–C) groups is 1. The van der Waals surface area contributed by atoms with Gasteiger partial charge in [-0.3, -0.25) is 9.79 Å². The van der Waals surface area contributed by atoms with Crippen molar-refractivity contribution in [2.45, 2.75) is 84.1 Å². The van der Waals surface area contributed by atoms with Gasteiger partial charge in [-0.2, -0.15) is 0 Å². The lowest BCUT2D eigenvalue weighted by Gasteiger charge is -2.24. The molecule has 5 heteroatoms. The lowest BCUT2D eigenvalue weighted by molar-refractivity contribution is -0.132. The van der Waals surface area contributed by atoms with Gasteiger partial charge in [0.1, 0.15) is 11.4 Å². The summed E-state index contributed by atoms with van der Waals surface area (Å²) in [6.45, 7) is 5.72. The second kappa shape index (κ2) is 9.10. The van der Waals surface area contributed by atoms with Gasteiger partial charge in [0, 0.05) is 5.57 Å². The molecule has 2 N–H and O–H groups in total. The highest BCUT2D eigenvalue weighted by Crippen LogP contribution is 2.34. The van der Waals surface area contributed by atoms with Crippen molar-refractivity contribution in [3.05, 3.63) is 34.9 Å². The summed E-state index contributed by atoms with van der Waals surface area (Å²) in [5.74, 6) is -0.273. The van der Waals surface area contributed by atoms with Crippen molar-refractivity contribution in [3.63, 3.8) is 0 Å². The molecule has 1 saturated carbocycles. The number of allylic oxidation sites excluding steroid dienone is 2. The van der Waals surface area contributed by atoms with Crippen LogP contribution >= 0.6 is 0 Å². The summed E-state index contributed by atoms with van der Waals surface area (Å²) in [7, 11) is 0. The molecule has 1 atom stereocenters. The van der Waals surface area contributed by atoms with Crippen LogP contribution in [0.15, 0.2) is 39.9 Å². The van der Waals surface area contributed by atoms with E-state index in [1.807, 2.05) is 39.0 Å². The zero-order valence-corrected chi connectivity index (χ0v) is 18.0. The van der Waals surface area contributed by atoms with Gasteiger partial charge >= 0.3 is 5.97 Å². The van der Waals surface area contributed by atoms with Crippen LogP contribution in [0.1, 0.15) is 78.6 Å². The van der Waals surface area contributed by atoms with Crippen molar-refractivity contribution >= 4 is 17.7 Å². The van der Waals surface area contributed by atoms with Gasteiger partial charge in [0.25, 0.3) is 5.91 Å². The maximum Gasteiger partial charge on any atom is 0.336 e. The molecule has 29 heavy (non-hydrogen) atoms. The average molecular weight is 399 g/mol. The Balaban J connectivity index is 2.02. The molecule has 1 heterocycles. The van der Waals surface area contributed by atoms with Crippen molar-refractivity contribution in [2.75, 3.05) is 0 Å². The van der Waals surface area contributed by atoms with E-state index in [0.717, 1.165) is 25.7 Å². The quantitative estimate of drug-likeness (QED) is 0.703. The van der Waals surface area contributed by atoms with Crippen LogP contribution in [0.3, 0.4) is 0 Å². The fourth-order valence-corrected chi connectivity index (χ4v) is 4.47. The van der Waals surface area contributed by atoms with Crippen LogP contribution in [0, 0.1) is 11.8 Å². The van der Waals surface area contributed by atoms with Crippen molar-refractivity contribution in [1.82, 2.24) is 5.32 Å². The van der Waals surface area contributed by atoms with E-state index >= 15 is 0 Å². The monoisotopic (exact) mass is 398 g/mol. The molecule has 1 amide bonds. The van der Waals surface area contributed by atoms with Gasteiger partial charge in [-0.25, -0.2) is 4.79 Å². The third-order valence-corrected chi connectivity index (χ3v) is 6.78. The molecule has 3 aliphatic rings. The summed E-state index contributed by atoms with van der Waals surface area (Å²) >= 11 is 0. The van der Waals surface area contributed by atoms with E-state index in [9.17, 15) is 14.7 Å². The topological polar surface area (TPSA) is 78.8 Å². The van der Waals surface area contributed by atoms with E-state index in [4.69, 9.17) is 0 Å². The minimum atomic E-state index is -0.968. The number of aliphatic carboxylic acids is 1. The van der Waals surface area contributed by atoms with Crippen LogP contribution in [0.2, 0.25) is 0 Å². The number of nitrogens with one attached hydrogen (secondary N) is 1. The number of carbonyl (C=O) groups is 2. The fourth-order valence-electron chi connectivity index (χ4n) is 4.47. The second-order valence-corrected chi connectivity index (χ2v) is 9.05. The zero-order valence-electron chi connectivity index (χ0n) is 18.0. The Morgan fingerprint density at radius 3 is 2.45 bits per heavy atom. The minimum Gasteiger partial charge on any atom is -0.478 e. The first-order valence-electron chi connectivity index (χ1n) is 11.1. The molecule has 3 rings (SSSR count). The van der Waals surface area contributed by atoms with Crippen molar-refractivity contribution in [1.29, 1.82) is 0 Å². The first-order chi connectivity index (χ1) is 13.8. The van der Waals surface area contributed by atoms with Gasteiger partial charge in [-0.05, 0) is 50.5 Å².